The van der Waals surface area contributed by atoms with Crippen molar-refractivity contribution in [1.82, 2.24) is 10.2 Å². The second kappa shape index (κ2) is 13.3. The molecule has 2 amide bonds. The molecule has 0 radical (unpaired) electrons. The molecular weight excluding hydrogens is 552 g/mol. The molecule has 1 heterocycles. The van der Waals surface area contributed by atoms with Gasteiger partial charge in [0.25, 0.3) is 0 Å². The topological polar surface area (TPSA) is 49.4 Å². The van der Waals surface area contributed by atoms with Crippen molar-refractivity contribution in [2.45, 2.75) is 155 Å². The molecule has 6 rings (SSSR count). The van der Waals surface area contributed by atoms with Crippen molar-refractivity contribution in [2.75, 3.05) is 6.54 Å². The molecule has 45 heavy (non-hydrogen) atoms. The predicted octanol–water partition coefficient (Wildman–Crippen LogP) is 9.36. The van der Waals surface area contributed by atoms with Gasteiger partial charge in [0.05, 0.1) is 0 Å². The Morgan fingerprint density at radius 3 is 2.38 bits per heavy atom. The summed E-state index contributed by atoms with van der Waals surface area (Å²) in [5, 5.41) is 3.62. The molecule has 0 bridgehead atoms. The van der Waals surface area contributed by atoms with E-state index in [4.69, 9.17) is 0 Å². The lowest BCUT2D eigenvalue weighted by atomic mass is 9.42. The molecule has 4 aliphatic carbocycles. The van der Waals surface area contributed by atoms with Crippen LogP contribution in [0.2, 0.25) is 0 Å². The second-order valence-electron chi connectivity index (χ2n) is 17.3. The number of fused-ring (bicyclic) bond motifs is 5. The van der Waals surface area contributed by atoms with E-state index in [1.807, 2.05) is 0 Å². The highest BCUT2D eigenvalue weighted by Gasteiger charge is 2.69. The Balaban J connectivity index is 1.28. The quantitative estimate of drug-likeness (QED) is 0.285. The molecular formula is C41H64N2O2. The van der Waals surface area contributed by atoms with Crippen molar-refractivity contribution in [3.05, 3.63) is 35.9 Å². The van der Waals surface area contributed by atoms with Gasteiger partial charge >= 0.3 is 0 Å². The maximum Gasteiger partial charge on any atom is 0.246 e. The summed E-state index contributed by atoms with van der Waals surface area (Å²) in [5.74, 6) is 4.79. The van der Waals surface area contributed by atoms with E-state index in [-0.39, 0.29) is 23.3 Å². The number of benzene rings is 1. The minimum Gasteiger partial charge on any atom is -0.351 e. The number of likely N-dealkylation sites (tertiary alicyclic amines) is 1. The molecule has 0 spiro atoms. The highest BCUT2D eigenvalue weighted by molar-refractivity contribution is 5.94. The Bertz CT molecular complexity index is 1180. The fraction of sp³-hybridized carbons (Fsp3) is 0.805. The van der Waals surface area contributed by atoms with Gasteiger partial charge in [0.2, 0.25) is 11.8 Å². The van der Waals surface area contributed by atoms with Crippen LogP contribution >= 0.6 is 0 Å². The summed E-state index contributed by atoms with van der Waals surface area (Å²) in [6.45, 7) is 13.1. The number of amides is 2. The van der Waals surface area contributed by atoms with Gasteiger partial charge in [-0.15, -0.1) is 0 Å². The first-order valence-electron chi connectivity index (χ1n) is 19.3. The smallest absolute Gasteiger partial charge is 0.246 e. The number of carbonyl (C=O) groups excluding carboxylic acids is 2. The molecule has 4 saturated carbocycles. The molecule has 8 atom stereocenters. The molecule has 4 nitrogen and oxygen atoms in total. The van der Waals surface area contributed by atoms with Gasteiger partial charge in [-0.25, -0.2) is 0 Å². The van der Waals surface area contributed by atoms with Crippen molar-refractivity contribution >= 4 is 11.8 Å². The van der Waals surface area contributed by atoms with Crippen LogP contribution in [0.25, 0.3) is 0 Å². The molecule has 4 heteroatoms. The lowest BCUT2D eigenvalue weighted by Gasteiger charge is -2.67. The maximum atomic E-state index is 14.9. The van der Waals surface area contributed by atoms with Crippen LogP contribution < -0.4 is 5.32 Å². The van der Waals surface area contributed by atoms with Gasteiger partial charge in [0.15, 0.2) is 0 Å². The van der Waals surface area contributed by atoms with E-state index >= 15 is 0 Å². The van der Waals surface area contributed by atoms with Crippen molar-refractivity contribution in [3.8, 4) is 0 Å². The third kappa shape index (κ3) is 5.92. The Morgan fingerprint density at radius 1 is 0.889 bits per heavy atom. The highest BCUT2D eigenvalue weighted by atomic mass is 16.2. The summed E-state index contributed by atoms with van der Waals surface area (Å²) >= 11 is 0. The zero-order valence-electron chi connectivity index (χ0n) is 29.4. The molecule has 5 aliphatic rings. The van der Waals surface area contributed by atoms with Gasteiger partial charge in [0, 0.05) is 24.4 Å². The van der Waals surface area contributed by atoms with E-state index < -0.39 is 5.54 Å². The van der Waals surface area contributed by atoms with Crippen molar-refractivity contribution in [2.24, 2.45) is 46.3 Å². The van der Waals surface area contributed by atoms with Crippen LogP contribution in [-0.4, -0.2) is 34.8 Å². The standard InChI is InChI=1S/C41H64N2O2/c1-29(2)13-12-14-30(3)34-19-20-35-33-21-27-41(38(45)42-32-17-10-7-11-18-32)40(5,36(33)22-25-39(34,35)4)26-23-37(44)43(41)28-24-31-15-8-6-9-16-31/h6,8-9,15-16,29-30,32-36H,7,10-14,17-28H2,1-5H3,(H,42,45)/t30-,33+,34-,35+,36+,39-,40-,41+/m1/s1. The first kappa shape index (κ1) is 33.1. The van der Waals surface area contributed by atoms with E-state index in [1.165, 1.54) is 69.8 Å². The van der Waals surface area contributed by atoms with Gasteiger partial charge in [-0.1, -0.05) is 103 Å². The van der Waals surface area contributed by atoms with E-state index in [9.17, 15) is 9.59 Å². The fourth-order valence-electron chi connectivity index (χ4n) is 12.3. The third-order valence-electron chi connectivity index (χ3n) is 14.6. The van der Waals surface area contributed by atoms with Gasteiger partial charge in [-0.2, -0.15) is 0 Å². The van der Waals surface area contributed by atoms with E-state index in [2.05, 4.69) is 75.2 Å². The zero-order chi connectivity index (χ0) is 31.8. The lowest BCUT2D eigenvalue weighted by Crippen LogP contribution is -2.76. The summed E-state index contributed by atoms with van der Waals surface area (Å²) in [6, 6.07) is 10.8. The largest absolute Gasteiger partial charge is 0.351 e. The number of carbonyl (C=O) groups is 2. The Kier molecular flexibility index (Phi) is 9.81. The average molecular weight is 617 g/mol. The summed E-state index contributed by atoms with van der Waals surface area (Å²) in [5.41, 5.74) is 0.770. The van der Waals surface area contributed by atoms with Crippen LogP contribution in [0.15, 0.2) is 30.3 Å². The number of nitrogens with zero attached hydrogens (tertiary/aromatic N) is 1. The molecule has 1 aromatic rings. The fourth-order valence-corrected chi connectivity index (χ4v) is 12.3. The lowest BCUT2D eigenvalue weighted by molar-refractivity contribution is -0.196. The Morgan fingerprint density at radius 2 is 1.64 bits per heavy atom. The minimum atomic E-state index is -0.731. The molecule has 250 valence electrons. The molecule has 1 aromatic carbocycles. The molecule has 1 saturated heterocycles. The number of hydrogen-bond donors (Lipinski definition) is 1. The van der Waals surface area contributed by atoms with E-state index in [1.54, 1.807) is 0 Å². The maximum absolute atomic E-state index is 14.9. The highest BCUT2D eigenvalue weighted by Crippen LogP contribution is 2.69. The van der Waals surface area contributed by atoms with Crippen molar-refractivity contribution in [1.29, 1.82) is 0 Å². The van der Waals surface area contributed by atoms with Gasteiger partial charge in [0.1, 0.15) is 5.54 Å². The van der Waals surface area contributed by atoms with Crippen LogP contribution in [0, 0.1) is 46.3 Å². The zero-order valence-corrected chi connectivity index (χ0v) is 29.4. The first-order chi connectivity index (χ1) is 21.6. The monoisotopic (exact) mass is 616 g/mol. The van der Waals surface area contributed by atoms with Gasteiger partial charge in [-0.3, -0.25) is 9.59 Å². The molecule has 5 fully saturated rings. The summed E-state index contributed by atoms with van der Waals surface area (Å²) < 4.78 is 0. The molecule has 0 unspecified atom stereocenters. The predicted molar refractivity (Wildman–Crippen MR) is 185 cm³/mol. The van der Waals surface area contributed by atoms with Crippen LogP contribution in [0.1, 0.15) is 143 Å². The van der Waals surface area contributed by atoms with Gasteiger partial charge in [-0.05, 0) is 111 Å². The van der Waals surface area contributed by atoms with E-state index in [0.717, 1.165) is 62.2 Å². The Hall–Kier alpha value is -1.84. The number of piperidine rings is 1. The van der Waals surface area contributed by atoms with Crippen molar-refractivity contribution in [3.63, 3.8) is 0 Å². The third-order valence-corrected chi connectivity index (χ3v) is 14.6. The van der Waals surface area contributed by atoms with Crippen LogP contribution in [0.3, 0.4) is 0 Å². The average Bonchev–Trinajstić information content (AvgIpc) is 3.39. The first-order valence-corrected chi connectivity index (χ1v) is 19.3. The number of nitrogens with one attached hydrogen (secondary N) is 1. The van der Waals surface area contributed by atoms with Crippen LogP contribution in [-0.2, 0) is 16.0 Å². The minimum absolute atomic E-state index is 0.179. The molecule has 0 aromatic heterocycles. The number of hydrogen-bond acceptors (Lipinski definition) is 2. The van der Waals surface area contributed by atoms with Crippen LogP contribution in [0.5, 0.6) is 0 Å². The summed E-state index contributed by atoms with van der Waals surface area (Å²) in [7, 11) is 0. The normalized spacial score (nSPS) is 37.6. The van der Waals surface area contributed by atoms with Gasteiger partial charge < -0.3 is 10.2 Å². The Labute approximate surface area is 275 Å². The summed E-state index contributed by atoms with van der Waals surface area (Å²) in [4.78, 5) is 31.1. The van der Waals surface area contributed by atoms with E-state index in [0.29, 0.717) is 30.2 Å². The number of rotatable bonds is 10. The second-order valence-corrected chi connectivity index (χ2v) is 17.3. The SMILES string of the molecule is CC(C)CCC[C@@H](C)[C@H]1CC[C@H]2[C@@H]3CC[C@@]4(C(=O)NC5CCCCC5)N(CCc5ccccc5)C(=O)CC[C@]4(C)[C@H]3CC[C@]12C. The van der Waals surface area contributed by atoms with Crippen molar-refractivity contribution < 1.29 is 9.59 Å². The molecule has 1 aliphatic heterocycles. The summed E-state index contributed by atoms with van der Waals surface area (Å²) in [6.07, 6.45) is 19.4. The van der Waals surface area contributed by atoms with Crippen LogP contribution in [0.4, 0.5) is 0 Å². The molecule has 1 N–H and O–H groups in total.